The lowest BCUT2D eigenvalue weighted by Crippen LogP contribution is -2.24. The summed E-state index contributed by atoms with van der Waals surface area (Å²) in [6.07, 6.45) is 3.60. The first-order chi connectivity index (χ1) is 15.3. The molecule has 0 atom stereocenters. The maximum Gasteiger partial charge on any atom is 0.256 e. The second-order valence-corrected chi connectivity index (χ2v) is 7.12. The first-order valence-electron chi connectivity index (χ1n) is 10.1. The predicted molar refractivity (Wildman–Crippen MR) is 120 cm³/mol. The molecular formula is C25H23N5O. The van der Waals surface area contributed by atoms with E-state index < -0.39 is 0 Å². The molecule has 4 aromatic rings. The summed E-state index contributed by atoms with van der Waals surface area (Å²) in [5.74, 6) is 0.353. The summed E-state index contributed by atoms with van der Waals surface area (Å²) in [5, 5.41) is 2.88. The molecule has 1 N–H and O–H groups in total. The monoisotopic (exact) mass is 409 g/mol. The Labute approximate surface area is 181 Å². The zero-order valence-corrected chi connectivity index (χ0v) is 17.1. The van der Waals surface area contributed by atoms with Gasteiger partial charge >= 0.3 is 0 Å². The number of nitrogens with one attached hydrogen (secondary N) is 1. The molecule has 0 spiro atoms. The van der Waals surface area contributed by atoms with Crippen LogP contribution >= 0.6 is 0 Å². The van der Waals surface area contributed by atoms with Gasteiger partial charge < -0.3 is 5.32 Å². The highest BCUT2D eigenvalue weighted by atomic mass is 16.1. The maximum absolute atomic E-state index is 12.5. The molecule has 3 heterocycles. The summed E-state index contributed by atoms with van der Waals surface area (Å²) in [6, 6.07) is 26.6. The number of carbonyl (C=O) groups excluding carboxylic acids is 1. The number of amides is 1. The van der Waals surface area contributed by atoms with Crippen molar-refractivity contribution in [3.05, 3.63) is 120 Å². The minimum Gasteiger partial charge on any atom is -0.307 e. The number of nitrogens with zero attached hydrogens (tertiary/aromatic N) is 4. The largest absolute Gasteiger partial charge is 0.307 e. The van der Waals surface area contributed by atoms with E-state index in [1.165, 1.54) is 0 Å². The highest BCUT2D eigenvalue weighted by molar-refractivity contribution is 6.03. The van der Waals surface area contributed by atoms with E-state index in [-0.39, 0.29) is 5.91 Å². The topological polar surface area (TPSA) is 71.0 Å². The van der Waals surface area contributed by atoms with Gasteiger partial charge in [-0.2, -0.15) is 0 Å². The van der Waals surface area contributed by atoms with E-state index >= 15 is 0 Å². The van der Waals surface area contributed by atoms with Crippen molar-refractivity contribution in [2.24, 2.45) is 0 Å². The molecule has 4 rings (SSSR count). The van der Waals surface area contributed by atoms with Crippen molar-refractivity contribution in [1.82, 2.24) is 19.9 Å². The van der Waals surface area contributed by atoms with E-state index in [9.17, 15) is 4.79 Å². The van der Waals surface area contributed by atoms with Crippen LogP contribution in [0.1, 0.15) is 27.4 Å². The molecule has 1 aromatic carbocycles. The number of anilines is 1. The standard InChI is InChI=1S/C25H23N5O/c31-25(20-9-2-1-3-10-20)29-24-14-8-13-23(28-24)19-30(17-21-11-4-6-15-26-21)18-22-12-5-7-16-27-22/h1-16H,17-19H2,(H,28,29,31). The van der Waals surface area contributed by atoms with Crippen LogP contribution in [0.2, 0.25) is 0 Å². The predicted octanol–water partition coefficient (Wildman–Crippen LogP) is 4.33. The molecule has 6 heteroatoms. The number of carbonyl (C=O) groups is 1. The molecular weight excluding hydrogens is 386 g/mol. The van der Waals surface area contributed by atoms with Crippen molar-refractivity contribution >= 4 is 11.7 Å². The maximum atomic E-state index is 12.5. The first kappa shape index (κ1) is 20.4. The van der Waals surface area contributed by atoms with E-state index in [1.807, 2.05) is 66.7 Å². The van der Waals surface area contributed by atoms with Gasteiger partial charge in [0, 0.05) is 37.6 Å². The Kier molecular flexibility index (Phi) is 6.72. The van der Waals surface area contributed by atoms with Gasteiger partial charge in [0.25, 0.3) is 5.91 Å². The number of hydrogen-bond donors (Lipinski definition) is 1. The smallest absolute Gasteiger partial charge is 0.256 e. The minimum absolute atomic E-state index is 0.177. The number of aromatic nitrogens is 3. The van der Waals surface area contributed by atoms with Crippen LogP contribution in [0.3, 0.4) is 0 Å². The molecule has 0 fully saturated rings. The highest BCUT2D eigenvalue weighted by Gasteiger charge is 2.12. The number of pyridine rings is 3. The molecule has 0 saturated heterocycles. The molecule has 154 valence electrons. The van der Waals surface area contributed by atoms with Gasteiger partial charge in [0.15, 0.2) is 0 Å². The van der Waals surface area contributed by atoms with E-state index in [1.54, 1.807) is 30.6 Å². The van der Waals surface area contributed by atoms with Crippen LogP contribution < -0.4 is 5.32 Å². The van der Waals surface area contributed by atoms with Crippen LogP contribution in [-0.2, 0) is 19.6 Å². The van der Waals surface area contributed by atoms with E-state index in [0.29, 0.717) is 31.0 Å². The summed E-state index contributed by atoms with van der Waals surface area (Å²) in [6.45, 7) is 1.93. The Balaban J connectivity index is 1.49. The minimum atomic E-state index is -0.177. The van der Waals surface area contributed by atoms with Crippen LogP contribution in [0.15, 0.2) is 97.3 Å². The Morgan fingerprint density at radius 1 is 0.677 bits per heavy atom. The number of rotatable bonds is 8. The van der Waals surface area contributed by atoms with Crippen LogP contribution in [0.4, 0.5) is 5.82 Å². The van der Waals surface area contributed by atoms with Crippen LogP contribution in [0.5, 0.6) is 0 Å². The molecule has 0 aliphatic heterocycles. The molecule has 6 nitrogen and oxygen atoms in total. The molecule has 1 amide bonds. The Morgan fingerprint density at radius 2 is 1.26 bits per heavy atom. The van der Waals surface area contributed by atoms with E-state index in [0.717, 1.165) is 17.1 Å². The van der Waals surface area contributed by atoms with Crippen molar-refractivity contribution in [2.45, 2.75) is 19.6 Å². The third kappa shape index (κ3) is 6.04. The van der Waals surface area contributed by atoms with Crippen molar-refractivity contribution in [2.75, 3.05) is 5.32 Å². The molecule has 0 aliphatic rings. The average molecular weight is 409 g/mol. The molecule has 0 unspecified atom stereocenters. The molecule has 0 bridgehead atoms. The third-order valence-electron chi connectivity index (χ3n) is 4.69. The van der Waals surface area contributed by atoms with Crippen LogP contribution in [0.25, 0.3) is 0 Å². The zero-order chi connectivity index (χ0) is 21.3. The summed E-state index contributed by atoms with van der Waals surface area (Å²) >= 11 is 0. The van der Waals surface area contributed by atoms with Crippen molar-refractivity contribution in [1.29, 1.82) is 0 Å². The number of benzene rings is 1. The fraction of sp³-hybridized carbons (Fsp3) is 0.120. The summed E-state index contributed by atoms with van der Waals surface area (Å²) in [4.78, 5) is 28.2. The van der Waals surface area contributed by atoms with E-state index in [4.69, 9.17) is 0 Å². The van der Waals surface area contributed by atoms with Crippen LogP contribution in [-0.4, -0.2) is 25.8 Å². The molecule has 0 aliphatic carbocycles. The molecule has 0 saturated carbocycles. The lowest BCUT2D eigenvalue weighted by Gasteiger charge is -2.21. The summed E-state index contributed by atoms with van der Waals surface area (Å²) in [5.41, 5.74) is 3.42. The second kappa shape index (κ2) is 10.2. The van der Waals surface area contributed by atoms with E-state index in [2.05, 4.69) is 25.2 Å². The van der Waals surface area contributed by atoms with Gasteiger partial charge in [-0.3, -0.25) is 19.7 Å². The second-order valence-electron chi connectivity index (χ2n) is 7.12. The lowest BCUT2D eigenvalue weighted by molar-refractivity contribution is 0.102. The van der Waals surface area contributed by atoms with Gasteiger partial charge in [0.05, 0.1) is 17.1 Å². The normalized spacial score (nSPS) is 10.7. The van der Waals surface area contributed by atoms with Crippen molar-refractivity contribution < 1.29 is 4.79 Å². The van der Waals surface area contributed by atoms with Gasteiger partial charge in [-0.25, -0.2) is 4.98 Å². The quantitative estimate of drug-likeness (QED) is 0.469. The number of hydrogen-bond acceptors (Lipinski definition) is 5. The van der Waals surface area contributed by atoms with Crippen molar-refractivity contribution in [3.8, 4) is 0 Å². The highest BCUT2D eigenvalue weighted by Crippen LogP contribution is 2.14. The Hall–Kier alpha value is -3.90. The van der Waals surface area contributed by atoms with Crippen LogP contribution in [0, 0.1) is 0 Å². The molecule has 3 aromatic heterocycles. The Bertz CT molecular complexity index is 1060. The van der Waals surface area contributed by atoms with Gasteiger partial charge in [0.1, 0.15) is 5.82 Å². The molecule has 0 radical (unpaired) electrons. The first-order valence-corrected chi connectivity index (χ1v) is 10.1. The van der Waals surface area contributed by atoms with Gasteiger partial charge in [-0.1, -0.05) is 36.4 Å². The fourth-order valence-corrected chi connectivity index (χ4v) is 3.25. The third-order valence-corrected chi connectivity index (χ3v) is 4.69. The summed E-state index contributed by atoms with van der Waals surface area (Å²) in [7, 11) is 0. The van der Waals surface area contributed by atoms with Gasteiger partial charge in [0.2, 0.25) is 0 Å². The fourth-order valence-electron chi connectivity index (χ4n) is 3.25. The van der Waals surface area contributed by atoms with Crippen molar-refractivity contribution in [3.63, 3.8) is 0 Å². The summed E-state index contributed by atoms with van der Waals surface area (Å²) < 4.78 is 0. The average Bonchev–Trinajstić information content (AvgIpc) is 2.81. The van der Waals surface area contributed by atoms with Gasteiger partial charge in [-0.05, 0) is 48.5 Å². The Morgan fingerprint density at radius 3 is 1.87 bits per heavy atom. The van der Waals surface area contributed by atoms with Gasteiger partial charge in [-0.15, -0.1) is 0 Å². The lowest BCUT2D eigenvalue weighted by atomic mass is 10.2. The zero-order valence-electron chi connectivity index (χ0n) is 17.1. The SMILES string of the molecule is O=C(Nc1cccc(CN(Cc2ccccn2)Cc2ccccn2)n1)c1ccccc1. The molecule has 31 heavy (non-hydrogen) atoms.